The van der Waals surface area contributed by atoms with E-state index < -0.39 is 0 Å². The summed E-state index contributed by atoms with van der Waals surface area (Å²) in [6.45, 7) is 7.90. The average Bonchev–Trinajstić information content (AvgIpc) is 3.19. The van der Waals surface area contributed by atoms with Crippen molar-refractivity contribution in [1.29, 1.82) is 0 Å². The maximum atomic E-state index is 12.9. The highest BCUT2D eigenvalue weighted by Crippen LogP contribution is 2.20. The quantitative estimate of drug-likeness (QED) is 0.866. The van der Waals surface area contributed by atoms with Crippen LogP contribution in [-0.2, 0) is 0 Å². The molecule has 1 amide bonds. The molecule has 4 heterocycles. The molecule has 3 fully saturated rings. The Morgan fingerprint density at radius 3 is 2.68 bits per heavy atom. The fraction of sp³-hybridized carbons (Fsp3) is 0.722. The van der Waals surface area contributed by atoms with Gasteiger partial charge in [0.25, 0.3) is 5.91 Å². The van der Waals surface area contributed by atoms with E-state index in [-0.39, 0.29) is 5.91 Å². The first-order chi connectivity index (χ1) is 12.3. The molecule has 25 heavy (non-hydrogen) atoms. The van der Waals surface area contributed by atoms with Crippen molar-refractivity contribution in [2.45, 2.75) is 31.7 Å². The molecule has 0 saturated carbocycles. The molecule has 1 N–H and O–H groups in total. The number of anilines is 1. The van der Waals surface area contributed by atoms with E-state index in [0.717, 1.165) is 58.8 Å². The Kier molecular flexibility index (Phi) is 5.12. The summed E-state index contributed by atoms with van der Waals surface area (Å²) in [6, 6.07) is 2.25. The van der Waals surface area contributed by atoms with Crippen LogP contribution in [-0.4, -0.2) is 84.1 Å². The minimum Gasteiger partial charge on any atom is -0.341 e. The Bertz CT molecular complexity index is 597. The number of likely N-dealkylation sites (tertiary alicyclic amines) is 1. The summed E-state index contributed by atoms with van der Waals surface area (Å²) >= 11 is 0. The zero-order chi connectivity index (χ0) is 17.1. The topological polar surface area (TPSA) is 64.6 Å². The van der Waals surface area contributed by atoms with Crippen LogP contribution in [0.15, 0.2) is 12.3 Å². The van der Waals surface area contributed by atoms with Gasteiger partial charge < -0.3 is 15.1 Å². The summed E-state index contributed by atoms with van der Waals surface area (Å²) in [4.78, 5) is 28.6. The molecule has 3 aliphatic rings. The number of piperidine rings is 1. The van der Waals surface area contributed by atoms with E-state index in [1.807, 2.05) is 4.90 Å². The lowest BCUT2D eigenvalue weighted by Crippen LogP contribution is -2.49. The Morgan fingerprint density at radius 2 is 1.88 bits per heavy atom. The van der Waals surface area contributed by atoms with E-state index in [0.29, 0.717) is 17.7 Å². The van der Waals surface area contributed by atoms with Crippen LogP contribution in [0.1, 0.15) is 36.2 Å². The Labute approximate surface area is 149 Å². The molecule has 0 aromatic carbocycles. The van der Waals surface area contributed by atoms with Crippen LogP contribution in [0.5, 0.6) is 0 Å². The summed E-state index contributed by atoms with van der Waals surface area (Å²) in [5, 5.41) is 3.39. The monoisotopic (exact) mass is 344 g/mol. The van der Waals surface area contributed by atoms with Crippen molar-refractivity contribution in [3.05, 3.63) is 18.0 Å². The molecule has 1 atom stereocenters. The predicted molar refractivity (Wildman–Crippen MR) is 96.8 cm³/mol. The lowest BCUT2D eigenvalue weighted by atomic mass is 10.1. The summed E-state index contributed by atoms with van der Waals surface area (Å²) < 4.78 is 0. The molecule has 7 heteroatoms. The number of hydrogen-bond acceptors (Lipinski definition) is 6. The standard InChI is InChI=1S/C18H28N6O/c25-17(24-11-5-15(14-24)22-12-7-19-8-13-22)16-4-6-20-18(21-16)23-9-2-1-3-10-23/h4,6,15,19H,1-3,5,7-14H2. The third-order valence-electron chi connectivity index (χ3n) is 5.62. The van der Waals surface area contributed by atoms with Crippen molar-refractivity contribution >= 4 is 11.9 Å². The maximum Gasteiger partial charge on any atom is 0.272 e. The SMILES string of the molecule is O=C(c1ccnc(N2CCCCC2)n1)N1CCC(N2CCNCC2)C1. The van der Waals surface area contributed by atoms with Crippen molar-refractivity contribution < 1.29 is 4.79 Å². The molecule has 1 aromatic heterocycles. The third kappa shape index (κ3) is 3.77. The van der Waals surface area contributed by atoms with Gasteiger partial charge in [0.1, 0.15) is 5.69 Å². The van der Waals surface area contributed by atoms with Crippen LogP contribution >= 0.6 is 0 Å². The first kappa shape index (κ1) is 16.7. The fourth-order valence-corrected chi connectivity index (χ4v) is 4.15. The average molecular weight is 344 g/mol. The minimum atomic E-state index is 0.0540. The molecule has 0 radical (unpaired) electrons. The first-order valence-corrected chi connectivity index (χ1v) is 9.63. The summed E-state index contributed by atoms with van der Waals surface area (Å²) in [6.07, 6.45) is 6.43. The smallest absolute Gasteiger partial charge is 0.272 e. The molecular weight excluding hydrogens is 316 g/mol. The number of hydrogen-bond donors (Lipinski definition) is 1. The lowest BCUT2D eigenvalue weighted by Gasteiger charge is -2.32. The molecular formula is C18H28N6O. The van der Waals surface area contributed by atoms with Crippen molar-refractivity contribution in [3.63, 3.8) is 0 Å². The number of carbonyl (C=O) groups excluding carboxylic acids is 1. The zero-order valence-electron chi connectivity index (χ0n) is 14.9. The van der Waals surface area contributed by atoms with E-state index >= 15 is 0 Å². The fourth-order valence-electron chi connectivity index (χ4n) is 4.15. The highest BCUT2D eigenvalue weighted by atomic mass is 16.2. The first-order valence-electron chi connectivity index (χ1n) is 9.63. The van der Waals surface area contributed by atoms with Crippen LogP contribution < -0.4 is 10.2 Å². The Balaban J connectivity index is 1.40. The molecule has 1 aromatic rings. The molecule has 0 spiro atoms. The normalized spacial score (nSPS) is 25.4. The van der Waals surface area contributed by atoms with Gasteiger partial charge in [0.15, 0.2) is 0 Å². The minimum absolute atomic E-state index is 0.0540. The number of rotatable bonds is 3. The van der Waals surface area contributed by atoms with Crippen LogP contribution in [0.4, 0.5) is 5.95 Å². The second-order valence-electron chi connectivity index (χ2n) is 7.27. The number of nitrogens with one attached hydrogen (secondary N) is 1. The van der Waals surface area contributed by atoms with E-state index in [2.05, 4.69) is 25.1 Å². The Morgan fingerprint density at radius 1 is 1.08 bits per heavy atom. The highest BCUT2D eigenvalue weighted by molar-refractivity contribution is 5.92. The third-order valence-corrected chi connectivity index (χ3v) is 5.62. The van der Waals surface area contributed by atoms with Gasteiger partial charge in [0.05, 0.1) is 0 Å². The zero-order valence-corrected chi connectivity index (χ0v) is 14.9. The number of carbonyl (C=O) groups is 1. The molecule has 3 aliphatic heterocycles. The highest BCUT2D eigenvalue weighted by Gasteiger charge is 2.32. The van der Waals surface area contributed by atoms with Crippen molar-refractivity contribution in [1.82, 2.24) is 25.1 Å². The van der Waals surface area contributed by atoms with Crippen molar-refractivity contribution in [3.8, 4) is 0 Å². The van der Waals surface area contributed by atoms with Gasteiger partial charge in [-0.25, -0.2) is 9.97 Å². The molecule has 136 valence electrons. The van der Waals surface area contributed by atoms with Gasteiger partial charge in [-0.3, -0.25) is 9.69 Å². The lowest BCUT2D eigenvalue weighted by molar-refractivity contribution is 0.0767. The predicted octanol–water partition coefficient (Wildman–Crippen LogP) is 0.587. The molecule has 1 unspecified atom stereocenters. The van der Waals surface area contributed by atoms with Gasteiger partial charge >= 0.3 is 0 Å². The number of amides is 1. The van der Waals surface area contributed by atoms with Gasteiger partial charge in [-0.05, 0) is 31.7 Å². The van der Waals surface area contributed by atoms with Crippen LogP contribution in [0, 0.1) is 0 Å². The van der Waals surface area contributed by atoms with Crippen LogP contribution in [0.25, 0.3) is 0 Å². The Hall–Kier alpha value is -1.73. The van der Waals surface area contributed by atoms with E-state index in [1.54, 1.807) is 12.3 Å². The number of aromatic nitrogens is 2. The van der Waals surface area contributed by atoms with Gasteiger partial charge in [-0.15, -0.1) is 0 Å². The van der Waals surface area contributed by atoms with Crippen LogP contribution in [0.3, 0.4) is 0 Å². The molecule has 7 nitrogen and oxygen atoms in total. The van der Waals surface area contributed by atoms with Gasteiger partial charge in [0.2, 0.25) is 5.95 Å². The van der Waals surface area contributed by atoms with Gasteiger partial charge in [-0.2, -0.15) is 0 Å². The van der Waals surface area contributed by atoms with E-state index in [9.17, 15) is 4.79 Å². The second kappa shape index (κ2) is 7.66. The van der Waals surface area contributed by atoms with Gasteiger partial charge in [-0.1, -0.05) is 0 Å². The molecule has 4 rings (SSSR count). The number of piperazine rings is 1. The summed E-state index contributed by atoms with van der Waals surface area (Å²) in [5.41, 5.74) is 0.538. The van der Waals surface area contributed by atoms with Crippen molar-refractivity contribution in [2.75, 3.05) is 57.3 Å². The van der Waals surface area contributed by atoms with Crippen molar-refractivity contribution in [2.24, 2.45) is 0 Å². The van der Waals surface area contributed by atoms with E-state index in [4.69, 9.17) is 0 Å². The summed E-state index contributed by atoms with van der Waals surface area (Å²) in [5.74, 6) is 0.765. The maximum absolute atomic E-state index is 12.9. The van der Waals surface area contributed by atoms with E-state index in [1.165, 1.54) is 19.3 Å². The van der Waals surface area contributed by atoms with Gasteiger partial charge in [0, 0.05) is 64.6 Å². The molecule has 0 aliphatic carbocycles. The molecule has 0 bridgehead atoms. The van der Waals surface area contributed by atoms with Crippen LogP contribution in [0.2, 0.25) is 0 Å². The second-order valence-corrected chi connectivity index (χ2v) is 7.27. The number of nitrogens with zero attached hydrogens (tertiary/aromatic N) is 5. The summed E-state index contributed by atoms with van der Waals surface area (Å²) in [7, 11) is 0. The largest absolute Gasteiger partial charge is 0.341 e. The molecule has 3 saturated heterocycles.